The van der Waals surface area contributed by atoms with Crippen LogP contribution in [0.3, 0.4) is 0 Å². The van der Waals surface area contributed by atoms with Gasteiger partial charge in [0.1, 0.15) is 5.82 Å². The quantitative estimate of drug-likeness (QED) is 0.879. The molecule has 1 amide bonds. The van der Waals surface area contributed by atoms with Crippen molar-refractivity contribution in [2.45, 2.75) is 43.7 Å². The number of amides is 1. The van der Waals surface area contributed by atoms with E-state index in [4.69, 9.17) is 0 Å². The van der Waals surface area contributed by atoms with Gasteiger partial charge in [-0.3, -0.25) is 4.79 Å². The zero-order chi connectivity index (χ0) is 14.6. The SMILES string of the molecule is O=C(NC1[C@@H]2CC3C[C@H]1CC(O)(C3)C2)c1ccccc1F. The Labute approximate surface area is 123 Å². The molecule has 0 aromatic heterocycles. The highest BCUT2D eigenvalue weighted by Gasteiger charge is 2.55. The highest BCUT2D eigenvalue weighted by Crippen LogP contribution is 2.55. The maximum atomic E-state index is 13.7. The largest absolute Gasteiger partial charge is 0.390 e. The van der Waals surface area contributed by atoms with Gasteiger partial charge in [0.05, 0.1) is 11.2 Å². The first-order valence-electron chi connectivity index (χ1n) is 7.82. The maximum absolute atomic E-state index is 13.7. The number of hydrogen-bond donors (Lipinski definition) is 2. The van der Waals surface area contributed by atoms with Gasteiger partial charge in [0, 0.05) is 6.04 Å². The van der Waals surface area contributed by atoms with E-state index >= 15 is 0 Å². The van der Waals surface area contributed by atoms with Gasteiger partial charge in [0.15, 0.2) is 0 Å². The molecule has 112 valence electrons. The smallest absolute Gasteiger partial charge is 0.254 e. The van der Waals surface area contributed by atoms with Crippen LogP contribution in [-0.2, 0) is 0 Å². The Kier molecular flexibility index (Phi) is 2.86. The predicted octanol–water partition coefficient (Wildman–Crippen LogP) is 2.50. The third-order valence-corrected chi connectivity index (χ3v) is 5.66. The summed E-state index contributed by atoms with van der Waals surface area (Å²) in [6, 6.07) is 6.19. The molecule has 0 saturated heterocycles. The van der Waals surface area contributed by atoms with Crippen molar-refractivity contribution >= 4 is 5.91 Å². The van der Waals surface area contributed by atoms with Gasteiger partial charge in [0.25, 0.3) is 5.91 Å². The second-order valence-corrected chi connectivity index (χ2v) is 7.17. The van der Waals surface area contributed by atoms with Crippen molar-refractivity contribution in [3.05, 3.63) is 35.6 Å². The second kappa shape index (κ2) is 4.54. The van der Waals surface area contributed by atoms with Gasteiger partial charge in [-0.25, -0.2) is 4.39 Å². The van der Waals surface area contributed by atoms with Crippen LogP contribution < -0.4 is 5.32 Å². The molecule has 0 spiro atoms. The molecule has 2 N–H and O–H groups in total. The summed E-state index contributed by atoms with van der Waals surface area (Å²) in [6.07, 6.45) is 4.65. The summed E-state index contributed by atoms with van der Waals surface area (Å²) in [5.41, 5.74) is -0.388. The van der Waals surface area contributed by atoms with E-state index in [1.54, 1.807) is 12.1 Å². The van der Waals surface area contributed by atoms with Crippen molar-refractivity contribution < 1.29 is 14.3 Å². The fourth-order valence-electron chi connectivity index (χ4n) is 5.09. The monoisotopic (exact) mass is 289 g/mol. The lowest BCUT2D eigenvalue weighted by atomic mass is 9.52. The Balaban J connectivity index is 1.53. The molecular formula is C17H20FNO2. The minimum Gasteiger partial charge on any atom is -0.390 e. The van der Waals surface area contributed by atoms with Gasteiger partial charge in [-0.2, -0.15) is 0 Å². The molecule has 5 atom stereocenters. The van der Waals surface area contributed by atoms with E-state index in [0.29, 0.717) is 17.8 Å². The predicted molar refractivity (Wildman–Crippen MR) is 76.2 cm³/mol. The molecule has 0 radical (unpaired) electrons. The molecule has 0 aliphatic heterocycles. The summed E-state index contributed by atoms with van der Waals surface area (Å²) in [6.45, 7) is 0. The zero-order valence-corrected chi connectivity index (χ0v) is 11.9. The van der Waals surface area contributed by atoms with Gasteiger partial charge < -0.3 is 10.4 Å². The molecule has 4 saturated carbocycles. The van der Waals surface area contributed by atoms with E-state index < -0.39 is 11.4 Å². The Hall–Kier alpha value is -1.42. The molecule has 4 bridgehead atoms. The number of hydrogen-bond acceptors (Lipinski definition) is 2. The standard InChI is InChI=1S/C17H20FNO2/c18-14-4-2-1-3-13(14)16(20)19-15-11-5-10-6-12(15)9-17(21,7-10)8-11/h1-4,10-12,15,21H,5-9H2,(H,19,20)/t10?,11-,12+,15?,17?. The minimum absolute atomic E-state index is 0.0916. The van der Waals surface area contributed by atoms with Crippen LogP contribution in [0.5, 0.6) is 0 Å². The highest BCUT2D eigenvalue weighted by molar-refractivity contribution is 5.94. The lowest BCUT2D eigenvalue weighted by Gasteiger charge is -2.58. The van der Waals surface area contributed by atoms with Crippen LogP contribution in [0, 0.1) is 23.6 Å². The molecule has 3 unspecified atom stereocenters. The first-order chi connectivity index (χ1) is 10.0. The first-order valence-corrected chi connectivity index (χ1v) is 7.82. The summed E-state index contributed by atoms with van der Waals surface area (Å²) in [4.78, 5) is 12.3. The van der Waals surface area contributed by atoms with Crippen LogP contribution in [0.4, 0.5) is 4.39 Å². The van der Waals surface area contributed by atoms with Crippen LogP contribution >= 0.6 is 0 Å². The van der Waals surface area contributed by atoms with Gasteiger partial charge in [-0.05, 0) is 62.0 Å². The van der Waals surface area contributed by atoms with Crippen molar-refractivity contribution in [1.82, 2.24) is 5.32 Å². The molecule has 1 aromatic rings. The summed E-state index contributed by atoms with van der Waals surface area (Å²) >= 11 is 0. The third kappa shape index (κ3) is 2.16. The molecule has 1 aromatic carbocycles. The minimum atomic E-state index is -0.504. The third-order valence-electron chi connectivity index (χ3n) is 5.66. The zero-order valence-electron chi connectivity index (χ0n) is 11.9. The summed E-state index contributed by atoms with van der Waals surface area (Å²) in [7, 11) is 0. The number of rotatable bonds is 2. The molecule has 3 nitrogen and oxygen atoms in total. The second-order valence-electron chi connectivity index (χ2n) is 7.17. The summed E-state index contributed by atoms with van der Waals surface area (Å²) in [5.74, 6) is 0.498. The molecule has 4 aliphatic rings. The number of nitrogens with one attached hydrogen (secondary N) is 1. The number of aliphatic hydroxyl groups is 1. The van der Waals surface area contributed by atoms with Crippen LogP contribution in [0.1, 0.15) is 42.5 Å². The molecule has 4 heteroatoms. The summed E-state index contributed by atoms with van der Waals surface area (Å²) < 4.78 is 13.7. The fraction of sp³-hybridized carbons (Fsp3) is 0.588. The van der Waals surface area contributed by atoms with Crippen LogP contribution in [0.25, 0.3) is 0 Å². The van der Waals surface area contributed by atoms with Crippen molar-refractivity contribution in [3.63, 3.8) is 0 Å². The summed E-state index contributed by atoms with van der Waals surface area (Å²) in [5, 5.41) is 13.6. The molecule has 0 heterocycles. The number of halogens is 1. The normalized spacial score (nSPS) is 40.3. The van der Waals surface area contributed by atoms with E-state index in [1.807, 2.05) is 0 Å². The molecule has 4 aliphatic carbocycles. The van der Waals surface area contributed by atoms with Crippen molar-refractivity contribution in [2.75, 3.05) is 0 Å². The van der Waals surface area contributed by atoms with Gasteiger partial charge in [-0.1, -0.05) is 12.1 Å². The van der Waals surface area contributed by atoms with Crippen molar-refractivity contribution in [3.8, 4) is 0 Å². The molecule has 5 rings (SSSR count). The van der Waals surface area contributed by atoms with E-state index in [-0.39, 0.29) is 17.5 Å². The Morgan fingerprint density at radius 2 is 1.86 bits per heavy atom. The average molecular weight is 289 g/mol. The van der Waals surface area contributed by atoms with Crippen LogP contribution in [-0.4, -0.2) is 22.7 Å². The molecule has 4 fully saturated rings. The Morgan fingerprint density at radius 3 is 2.48 bits per heavy atom. The number of carbonyl (C=O) groups excluding carboxylic acids is 1. The van der Waals surface area contributed by atoms with E-state index in [2.05, 4.69) is 5.32 Å². The molecular weight excluding hydrogens is 269 g/mol. The number of carbonyl (C=O) groups is 1. The van der Waals surface area contributed by atoms with Crippen molar-refractivity contribution in [1.29, 1.82) is 0 Å². The van der Waals surface area contributed by atoms with Gasteiger partial charge in [-0.15, -0.1) is 0 Å². The topological polar surface area (TPSA) is 49.3 Å². The van der Waals surface area contributed by atoms with Gasteiger partial charge >= 0.3 is 0 Å². The fourth-order valence-corrected chi connectivity index (χ4v) is 5.09. The van der Waals surface area contributed by atoms with Gasteiger partial charge in [0.2, 0.25) is 0 Å². The molecule has 21 heavy (non-hydrogen) atoms. The van der Waals surface area contributed by atoms with Crippen LogP contribution in [0.15, 0.2) is 24.3 Å². The maximum Gasteiger partial charge on any atom is 0.254 e. The lowest BCUT2D eigenvalue weighted by molar-refractivity contribution is -0.136. The van der Waals surface area contributed by atoms with E-state index in [9.17, 15) is 14.3 Å². The van der Waals surface area contributed by atoms with Crippen LogP contribution in [0.2, 0.25) is 0 Å². The average Bonchev–Trinajstić information content (AvgIpc) is 2.41. The highest BCUT2D eigenvalue weighted by atomic mass is 19.1. The Bertz CT molecular complexity index is 572. The Morgan fingerprint density at radius 1 is 1.19 bits per heavy atom. The van der Waals surface area contributed by atoms with Crippen molar-refractivity contribution in [2.24, 2.45) is 17.8 Å². The number of benzene rings is 1. The lowest BCUT2D eigenvalue weighted by Crippen LogP contribution is -2.61. The van der Waals surface area contributed by atoms with E-state index in [0.717, 1.165) is 32.1 Å². The van der Waals surface area contributed by atoms with E-state index in [1.165, 1.54) is 12.1 Å². The first kappa shape index (κ1) is 13.3.